The van der Waals surface area contributed by atoms with Gasteiger partial charge >= 0.3 is 0 Å². The third kappa shape index (κ3) is 3.16. The topological polar surface area (TPSA) is 56.3 Å². The van der Waals surface area contributed by atoms with Crippen LogP contribution in [0.25, 0.3) is 0 Å². The Morgan fingerprint density at radius 2 is 2.00 bits per heavy atom. The minimum Gasteiger partial charge on any atom is -0.392 e. The molecule has 21 heavy (non-hydrogen) atoms. The molecule has 1 amide bonds. The minimum absolute atomic E-state index is 0.0855. The molecule has 4 heteroatoms. The molecule has 0 saturated carbocycles. The molecule has 1 atom stereocenters. The number of H-pyrrole nitrogens is 1. The summed E-state index contributed by atoms with van der Waals surface area (Å²) in [4.78, 5) is 17.2. The van der Waals surface area contributed by atoms with Crippen molar-refractivity contribution in [1.82, 2.24) is 9.88 Å². The lowest BCUT2D eigenvalue weighted by molar-refractivity contribution is 0.0782. The minimum atomic E-state index is 0.0855. The number of aliphatic hydroxyl groups excluding tert-OH is 1. The molecule has 1 aromatic carbocycles. The van der Waals surface area contributed by atoms with E-state index in [1.165, 1.54) is 5.56 Å². The molecule has 0 spiro atoms. The number of benzene rings is 1. The third-order valence-corrected chi connectivity index (χ3v) is 4.13. The number of rotatable bonds is 4. The molecule has 1 saturated heterocycles. The van der Waals surface area contributed by atoms with Gasteiger partial charge in [-0.2, -0.15) is 0 Å². The predicted octanol–water partition coefficient (Wildman–Crippen LogP) is 2.21. The van der Waals surface area contributed by atoms with Crippen LogP contribution in [0.4, 0.5) is 0 Å². The van der Waals surface area contributed by atoms with Gasteiger partial charge < -0.3 is 15.0 Å². The quantitative estimate of drug-likeness (QED) is 0.904. The van der Waals surface area contributed by atoms with Gasteiger partial charge in [-0.3, -0.25) is 4.79 Å². The van der Waals surface area contributed by atoms with Gasteiger partial charge in [0.05, 0.1) is 6.61 Å². The lowest BCUT2D eigenvalue weighted by atomic mass is 9.98. The largest absolute Gasteiger partial charge is 0.392 e. The molecule has 3 rings (SSSR count). The third-order valence-electron chi connectivity index (χ3n) is 4.13. The van der Waals surface area contributed by atoms with E-state index in [0.29, 0.717) is 11.6 Å². The lowest BCUT2D eigenvalue weighted by Gasteiger charge is -2.15. The average molecular weight is 284 g/mol. The number of likely N-dealkylation sites (tertiary alicyclic amines) is 1. The van der Waals surface area contributed by atoms with Gasteiger partial charge in [0.15, 0.2) is 0 Å². The first-order valence-corrected chi connectivity index (χ1v) is 7.37. The lowest BCUT2D eigenvalue weighted by Crippen LogP contribution is -2.29. The Balaban J connectivity index is 1.58. The Hall–Kier alpha value is -2.07. The fourth-order valence-electron chi connectivity index (χ4n) is 2.93. The van der Waals surface area contributed by atoms with Crippen molar-refractivity contribution in [3.8, 4) is 0 Å². The van der Waals surface area contributed by atoms with Crippen molar-refractivity contribution in [2.75, 3.05) is 13.1 Å². The molecule has 0 radical (unpaired) electrons. The molecule has 0 aliphatic carbocycles. The Bertz CT molecular complexity index is 590. The number of aliphatic hydroxyl groups is 1. The highest BCUT2D eigenvalue weighted by Gasteiger charge is 2.27. The normalized spacial score (nSPS) is 18.1. The second-order valence-electron chi connectivity index (χ2n) is 5.67. The maximum Gasteiger partial charge on any atom is 0.270 e. The van der Waals surface area contributed by atoms with E-state index in [9.17, 15) is 4.79 Å². The number of amides is 1. The molecule has 1 aliphatic rings. The van der Waals surface area contributed by atoms with Crippen LogP contribution < -0.4 is 0 Å². The molecule has 1 fully saturated rings. The van der Waals surface area contributed by atoms with E-state index in [4.69, 9.17) is 5.11 Å². The maximum atomic E-state index is 12.3. The molecule has 1 aliphatic heterocycles. The number of hydrogen-bond donors (Lipinski definition) is 2. The van der Waals surface area contributed by atoms with Gasteiger partial charge in [0.25, 0.3) is 5.91 Å². The van der Waals surface area contributed by atoms with Crippen LogP contribution in [-0.2, 0) is 13.0 Å². The van der Waals surface area contributed by atoms with E-state index in [1.807, 2.05) is 29.2 Å². The van der Waals surface area contributed by atoms with Crippen LogP contribution in [0.15, 0.2) is 42.6 Å². The highest BCUT2D eigenvalue weighted by atomic mass is 16.3. The number of nitrogens with one attached hydrogen (secondary N) is 1. The van der Waals surface area contributed by atoms with Gasteiger partial charge in [-0.25, -0.2) is 0 Å². The number of aromatic amines is 1. The second kappa shape index (κ2) is 6.14. The average Bonchev–Trinajstić information content (AvgIpc) is 3.19. The molecule has 2 N–H and O–H groups in total. The van der Waals surface area contributed by atoms with Gasteiger partial charge in [0.1, 0.15) is 5.69 Å². The molecule has 110 valence electrons. The highest BCUT2D eigenvalue weighted by molar-refractivity contribution is 5.92. The van der Waals surface area contributed by atoms with Crippen LogP contribution in [0.3, 0.4) is 0 Å². The number of aromatic nitrogens is 1. The predicted molar refractivity (Wildman–Crippen MR) is 80.9 cm³/mol. The second-order valence-corrected chi connectivity index (χ2v) is 5.67. The van der Waals surface area contributed by atoms with Crippen molar-refractivity contribution in [2.45, 2.75) is 19.4 Å². The number of carbonyl (C=O) groups is 1. The SMILES string of the molecule is O=C(c1ccc[nH]1)N1CCC(Cc2ccc(CO)cc2)C1. The monoisotopic (exact) mass is 284 g/mol. The van der Waals surface area contributed by atoms with Crippen LogP contribution >= 0.6 is 0 Å². The van der Waals surface area contributed by atoms with E-state index in [-0.39, 0.29) is 12.5 Å². The van der Waals surface area contributed by atoms with Gasteiger partial charge in [-0.1, -0.05) is 24.3 Å². The summed E-state index contributed by atoms with van der Waals surface area (Å²) in [5.74, 6) is 0.613. The summed E-state index contributed by atoms with van der Waals surface area (Å²) >= 11 is 0. The molecular formula is C17H20N2O2. The van der Waals surface area contributed by atoms with E-state index in [2.05, 4.69) is 17.1 Å². The Kier molecular flexibility index (Phi) is 4.06. The fourth-order valence-corrected chi connectivity index (χ4v) is 2.93. The van der Waals surface area contributed by atoms with Gasteiger partial charge in [0.2, 0.25) is 0 Å². The summed E-state index contributed by atoms with van der Waals surface area (Å²) in [6, 6.07) is 11.7. The smallest absolute Gasteiger partial charge is 0.270 e. The zero-order valence-electron chi connectivity index (χ0n) is 12.0. The van der Waals surface area contributed by atoms with E-state index >= 15 is 0 Å². The molecule has 0 bridgehead atoms. The standard InChI is InChI=1S/C17H20N2O2/c20-12-14-5-3-13(4-6-14)10-15-7-9-19(11-15)17(21)16-2-1-8-18-16/h1-6,8,15,18,20H,7,9-12H2. The zero-order valence-corrected chi connectivity index (χ0v) is 12.0. The highest BCUT2D eigenvalue weighted by Crippen LogP contribution is 2.22. The van der Waals surface area contributed by atoms with E-state index in [1.54, 1.807) is 6.20 Å². The maximum absolute atomic E-state index is 12.3. The molecule has 1 unspecified atom stereocenters. The zero-order chi connectivity index (χ0) is 14.7. The first kappa shape index (κ1) is 13.9. The molecule has 1 aromatic heterocycles. The number of nitrogens with zero attached hydrogens (tertiary/aromatic N) is 1. The summed E-state index contributed by atoms with van der Waals surface area (Å²) in [6.07, 6.45) is 3.82. The summed E-state index contributed by atoms with van der Waals surface area (Å²) in [5.41, 5.74) is 2.88. The van der Waals surface area contributed by atoms with E-state index < -0.39 is 0 Å². The summed E-state index contributed by atoms with van der Waals surface area (Å²) in [7, 11) is 0. The molecule has 2 heterocycles. The van der Waals surface area contributed by atoms with Crippen molar-refractivity contribution < 1.29 is 9.90 Å². The Morgan fingerprint density at radius 1 is 1.24 bits per heavy atom. The van der Waals surface area contributed by atoms with Crippen molar-refractivity contribution in [3.05, 3.63) is 59.4 Å². The van der Waals surface area contributed by atoms with Crippen molar-refractivity contribution in [1.29, 1.82) is 0 Å². The summed E-state index contributed by atoms with van der Waals surface area (Å²) in [5, 5.41) is 9.05. The molecule has 4 nitrogen and oxygen atoms in total. The fraction of sp³-hybridized carbons (Fsp3) is 0.353. The van der Waals surface area contributed by atoms with Crippen LogP contribution in [0.5, 0.6) is 0 Å². The van der Waals surface area contributed by atoms with Crippen LogP contribution in [0.1, 0.15) is 28.0 Å². The number of carbonyl (C=O) groups excluding carboxylic acids is 1. The first-order valence-electron chi connectivity index (χ1n) is 7.37. The van der Waals surface area contributed by atoms with Crippen molar-refractivity contribution >= 4 is 5.91 Å². The van der Waals surface area contributed by atoms with Crippen LogP contribution in [0, 0.1) is 5.92 Å². The van der Waals surface area contributed by atoms with Gasteiger partial charge in [-0.05, 0) is 42.0 Å². The number of hydrogen-bond acceptors (Lipinski definition) is 2. The Labute approximate surface area is 124 Å². The van der Waals surface area contributed by atoms with Crippen LogP contribution in [0.2, 0.25) is 0 Å². The molecular weight excluding hydrogens is 264 g/mol. The van der Waals surface area contributed by atoms with Crippen molar-refractivity contribution in [3.63, 3.8) is 0 Å². The summed E-state index contributed by atoms with van der Waals surface area (Å²) < 4.78 is 0. The van der Waals surface area contributed by atoms with E-state index in [0.717, 1.165) is 31.5 Å². The van der Waals surface area contributed by atoms with Gasteiger partial charge in [0, 0.05) is 19.3 Å². The van der Waals surface area contributed by atoms with Crippen LogP contribution in [-0.4, -0.2) is 34.0 Å². The van der Waals surface area contributed by atoms with Gasteiger partial charge in [-0.15, -0.1) is 0 Å². The first-order chi connectivity index (χ1) is 10.3. The summed E-state index contributed by atoms with van der Waals surface area (Å²) in [6.45, 7) is 1.74. The molecule has 2 aromatic rings. The van der Waals surface area contributed by atoms with Crippen molar-refractivity contribution in [2.24, 2.45) is 5.92 Å². The Morgan fingerprint density at radius 3 is 2.67 bits per heavy atom.